The molecule has 2 rings (SSSR count). The average molecular weight is 294 g/mol. The molecule has 0 spiro atoms. The van der Waals surface area contributed by atoms with Crippen molar-refractivity contribution < 1.29 is 17.7 Å². The molecular formula is C13H14N2O4S. The van der Waals surface area contributed by atoms with E-state index >= 15 is 0 Å². The number of rotatable bonds is 3. The van der Waals surface area contributed by atoms with Crippen molar-refractivity contribution in [2.75, 3.05) is 18.6 Å². The molecule has 0 fully saturated rings. The maximum atomic E-state index is 11.3. The van der Waals surface area contributed by atoms with Gasteiger partial charge in [-0.2, -0.15) is 8.42 Å². The summed E-state index contributed by atoms with van der Waals surface area (Å²) in [6.07, 6.45) is 0. The van der Waals surface area contributed by atoms with Crippen LogP contribution in [0.15, 0.2) is 41.3 Å². The van der Waals surface area contributed by atoms with Crippen LogP contribution < -0.4 is 16.2 Å². The minimum Gasteiger partial charge on any atom is -0.496 e. The van der Waals surface area contributed by atoms with Crippen molar-refractivity contribution in [2.24, 2.45) is 0 Å². The Bertz CT molecular complexity index is 757. The molecule has 0 aliphatic carbocycles. The molecule has 7 heteroatoms. The predicted octanol–water partition coefficient (Wildman–Crippen LogP) is 1.77. The fourth-order valence-corrected chi connectivity index (χ4v) is 2.61. The molecule has 20 heavy (non-hydrogen) atoms. The van der Waals surface area contributed by atoms with Gasteiger partial charge in [0.05, 0.1) is 12.8 Å². The Hall–Kier alpha value is -2.25. The number of para-hydroxylation sites is 1. The Balaban J connectivity index is 2.81. The first-order valence-corrected chi connectivity index (χ1v) is 7.09. The minimum absolute atomic E-state index is 0.114. The van der Waals surface area contributed by atoms with Crippen LogP contribution >= 0.6 is 0 Å². The lowest BCUT2D eigenvalue weighted by atomic mass is 10.0. The molecule has 0 aromatic heterocycles. The fourth-order valence-electron chi connectivity index (χ4n) is 1.99. The molecule has 2 aromatic rings. The van der Waals surface area contributed by atoms with Gasteiger partial charge in [0.2, 0.25) is 0 Å². The van der Waals surface area contributed by atoms with Crippen molar-refractivity contribution in [1.82, 2.24) is 0 Å². The topological polar surface area (TPSA) is 116 Å². The Morgan fingerprint density at radius 3 is 2.35 bits per heavy atom. The van der Waals surface area contributed by atoms with E-state index < -0.39 is 10.1 Å². The van der Waals surface area contributed by atoms with Crippen LogP contribution in [0.2, 0.25) is 0 Å². The summed E-state index contributed by atoms with van der Waals surface area (Å²) in [5.74, 6) is 0.499. The molecule has 0 heterocycles. The minimum atomic E-state index is -4.42. The standard InChI is InChI=1S/C13H14N2O4S/c1-19-10-5-3-2-4-8(10)12-9(14)6-7-11(13(12)15)20(16,17)18/h2-7H,14-15H2,1H3,(H,16,17,18). The number of ether oxygens (including phenoxy) is 1. The lowest BCUT2D eigenvalue weighted by molar-refractivity contribution is 0.416. The van der Waals surface area contributed by atoms with Crippen LogP contribution in [0, 0.1) is 0 Å². The first kappa shape index (κ1) is 14.2. The number of nitrogen functional groups attached to an aromatic ring is 2. The van der Waals surface area contributed by atoms with Gasteiger partial charge in [-0.25, -0.2) is 0 Å². The number of benzene rings is 2. The van der Waals surface area contributed by atoms with E-state index in [9.17, 15) is 13.0 Å². The summed E-state index contributed by atoms with van der Waals surface area (Å²) in [4.78, 5) is -0.382. The third kappa shape index (κ3) is 2.40. The van der Waals surface area contributed by atoms with Gasteiger partial charge < -0.3 is 16.2 Å². The van der Waals surface area contributed by atoms with Gasteiger partial charge >= 0.3 is 0 Å². The highest BCUT2D eigenvalue weighted by atomic mass is 32.2. The van der Waals surface area contributed by atoms with Crippen molar-refractivity contribution in [3.63, 3.8) is 0 Å². The summed E-state index contributed by atoms with van der Waals surface area (Å²) in [6, 6.07) is 9.46. The number of hydrogen-bond donors (Lipinski definition) is 3. The van der Waals surface area contributed by atoms with Crippen molar-refractivity contribution in [3.8, 4) is 16.9 Å². The van der Waals surface area contributed by atoms with Crippen molar-refractivity contribution in [2.45, 2.75) is 4.90 Å². The van der Waals surface area contributed by atoms with Crippen LogP contribution in [0.1, 0.15) is 0 Å². The van der Waals surface area contributed by atoms with Crippen LogP contribution in [0.25, 0.3) is 11.1 Å². The van der Waals surface area contributed by atoms with E-state index in [1.54, 1.807) is 24.3 Å². The number of anilines is 2. The molecule has 2 aromatic carbocycles. The van der Waals surface area contributed by atoms with Crippen LogP contribution in [-0.4, -0.2) is 20.1 Å². The van der Waals surface area contributed by atoms with E-state index in [-0.39, 0.29) is 10.6 Å². The lowest BCUT2D eigenvalue weighted by Crippen LogP contribution is -2.06. The Labute approximate surface area is 116 Å². The monoisotopic (exact) mass is 294 g/mol. The second-order valence-corrected chi connectivity index (χ2v) is 5.51. The van der Waals surface area contributed by atoms with E-state index in [4.69, 9.17) is 16.2 Å². The van der Waals surface area contributed by atoms with Gasteiger partial charge in [0.15, 0.2) is 0 Å². The molecular weight excluding hydrogens is 280 g/mol. The van der Waals surface area contributed by atoms with Gasteiger partial charge in [0.1, 0.15) is 10.6 Å². The Kier molecular flexibility index (Phi) is 3.56. The fraction of sp³-hybridized carbons (Fsp3) is 0.0769. The van der Waals surface area contributed by atoms with Gasteiger partial charge in [0, 0.05) is 16.8 Å². The summed E-state index contributed by atoms with van der Waals surface area (Å²) < 4.78 is 37.0. The maximum absolute atomic E-state index is 11.3. The average Bonchev–Trinajstić information content (AvgIpc) is 2.37. The van der Waals surface area contributed by atoms with Crippen LogP contribution in [0.4, 0.5) is 11.4 Å². The van der Waals surface area contributed by atoms with Gasteiger partial charge in [0.25, 0.3) is 10.1 Å². The molecule has 0 atom stereocenters. The second-order valence-electron chi connectivity index (χ2n) is 4.12. The van der Waals surface area contributed by atoms with Gasteiger partial charge in [-0.05, 0) is 18.2 Å². The molecule has 0 amide bonds. The lowest BCUT2D eigenvalue weighted by Gasteiger charge is -2.15. The van der Waals surface area contributed by atoms with E-state index in [0.29, 0.717) is 22.6 Å². The van der Waals surface area contributed by atoms with Gasteiger partial charge in [-0.15, -0.1) is 0 Å². The van der Waals surface area contributed by atoms with Crippen LogP contribution in [0.5, 0.6) is 5.75 Å². The summed E-state index contributed by atoms with van der Waals surface area (Å²) in [6.45, 7) is 0. The highest BCUT2D eigenvalue weighted by Gasteiger charge is 2.20. The number of nitrogens with two attached hydrogens (primary N) is 2. The first-order chi connectivity index (χ1) is 9.36. The predicted molar refractivity (Wildman–Crippen MR) is 77.1 cm³/mol. The molecule has 0 aliphatic rings. The van der Waals surface area contributed by atoms with E-state index in [1.165, 1.54) is 19.2 Å². The zero-order valence-corrected chi connectivity index (χ0v) is 11.5. The largest absolute Gasteiger partial charge is 0.496 e. The third-order valence-electron chi connectivity index (χ3n) is 2.89. The highest BCUT2D eigenvalue weighted by molar-refractivity contribution is 7.86. The van der Waals surface area contributed by atoms with Crippen LogP contribution in [0.3, 0.4) is 0 Å². The first-order valence-electron chi connectivity index (χ1n) is 5.65. The number of hydrogen-bond acceptors (Lipinski definition) is 5. The van der Waals surface area contributed by atoms with Crippen molar-refractivity contribution >= 4 is 21.5 Å². The van der Waals surface area contributed by atoms with Gasteiger partial charge in [-0.1, -0.05) is 18.2 Å². The molecule has 0 saturated heterocycles. The maximum Gasteiger partial charge on any atom is 0.296 e. The summed E-state index contributed by atoms with van der Waals surface area (Å²) in [5.41, 5.74) is 12.8. The third-order valence-corrected chi connectivity index (χ3v) is 3.80. The van der Waals surface area contributed by atoms with Gasteiger partial charge in [-0.3, -0.25) is 4.55 Å². The molecule has 0 bridgehead atoms. The molecule has 0 radical (unpaired) electrons. The van der Waals surface area contributed by atoms with Crippen molar-refractivity contribution in [3.05, 3.63) is 36.4 Å². The molecule has 106 valence electrons. The van der Waals surface area contributed by atoms with E-state index in [0.717, 1.165) is 0 Å². The zero-order valence-electron chi connectivity index (χ0n) is 10.7. The summed E-state index contributed by atoms with van der Waals surface area (Å²) in [7, 11) is -2.94. The quantitative estimate of drug-likeness (QED) is 0.587. The number of methoxy groups -OCH3 is 1. The van der Waals surface area contributed by atoms with E-state index in [2.05, 4.69) is 0 Å². The highest BCUT2D eigenvalue weighted by Crippen LogP contribution is 2.40. The zero-order chi connectivity index (χ0) is 14.9. The normalized spacial score (nSPS) is 11.3. The molecule has 0 unspecified atom stereocenters. The summed E-state index contributed by atoms with van der Waals surface area (Å²) in [5, 5.41) is 0. The smallest absolute Gasteiger partial charge is 0.296 e. The van der Waals surface area contributed by atoms with Crippen molar-refractivity contribution in [1.29, 1.82) is 0 Å². The Morgan fingerprint density at radius 2 is 1.75 bits per heavy atom. The SMILES string of the molecule is COc1ccccc1-c1c(N)ccc(S(=O)(=O)O)c1N. The van der Waals surface area contributed by atoms with Crippen LogP contribution in [-0.2, 0) is 10.1 Å². The summed E-state index contributed by atoms with van der Waals surface area (Å²) >= 11 is 0. The molecule has 0 saturated carbocycles. The Morgan fingerprint density at radius 1 is 1.10 bits per heavy atom. The molecule has 0 aliphatic heterocycles. The second kappa shape index (κ2) is 5.03. The molecule has 5 N–H and O–H groups in total. The van der Waals surface area contributed by atoms with E-state index in [1.807, 2.05) is 0 Å². The molecule has 6 nitrogen and oxygen atoms in total.